The SMILES string of the molecule is FC(F)(F)c1cccc(CSc2nnc(-c3ccc(Cl)cc3)n2C[C@@H]2CCCO2)c1. The fourth-order valence-electron chi connectivity index (χ4n) is 3.35. The monoisotopic (exact) mass is 453 g/mol. The number of aromatic nitrogens is 3. The van der Waals surface area contributed by atoms with Gasteiger partial charge in [0, 0.05) is 22.9 Å². The number of benzene rings is 2. The van der Waals surface area contributed by atoms with Crippen LogP contribution < -0.4 is 0 Å². The molecule has 4 nitrogen and oxygen atoms in total. The highest BCUT2D eigenvalue weighted by molar-refractivity contribution is 7.98. The molecular weight excluding hydrogens is 435 g/mol. The molecule has 3 aromatic rings. The van der Waals surface area contributed by atoms with Gasteiger partial charge in [0.2, 0.25) is 0 Å². The second-order valence-corrected chi connectivity index (χ2v) is 8.42. The maximum atomic E-state index is 13.0. The van der Waals surface area contributed by atoms with Crippen LogP contribution in [0.25, 0.3) is 11.4 Å². The number of halogens is 4. The third-order valence-corrected chi connectivity index (χ3v) is 6.14. The highest BCUT2D eigenvalue weighted by atomic mass is 35.5. The molecule has 1 atom stereocenters. The third kappa shape index (κ3) is 4.99. The summed E-state index contributed by atoms with van der Waals surface area (Å²) in [4.78, 5) is 0. The predicted molar refractivity (Wildman–Crippen MR) is 110 cm³/mol. The summed E-state index contributed by atoms with van der Waals surface area (Å²) >= 11 is 7.36. The van der Waals surface area contributed by atoms with Crippen LogP contribution in [0.15, 0.2) is 53.7 Å². The molecule has 0 bridgehead atoms. The molecule has 1 fully saturated rings. The van der Waals surface area contributed by atoms with Crippen molar-refractivity contribution < 1.29 is 17.9 Å². The molecule has 1 aliphatic rings. The Hall–Kier alpha value is -2.03. The van der Waals surface area contributed by atoms with E-state index in [9.17, 15) is 13.2 Å². The Bertz CT molecular complexity index is 1000. The van der Waals surface area contributed by atoms with E-state index in [1.807, 2.05) is 16.7 Å². The van der Waals surface area contributed by atoms with Crippen LogP contribution in [-0.2, 0) is 23.2 Å². The minimum atomic E-state index is -4.36. The van der Waals surface area contributed by atoms with Crippen molar-refractivity contribution in [1.82, 2.24) is 14.8 Å². The zero-order valence-corrected chi connectivity index (χ0v) is 17.5. The molecule has 1 saturated heterocycles. The molecule has 0 spiro atoms. The maximum Gasteiger partial charge on any atom is 0.416 e. The number of alkyl halides is 3. The molecule has 30 heavy (non-hydrogen) atoms. The maximum absolute atomic E-state index is 13.0. The van der Waals surface area contributed by atoms with Gasteiger partial charge in [-0.05, 0) is 48.7 Å². The van der Waals surface area contributed by atoms with E-state index in [0.29, 0.717) is 33.9 Å². The lowest BCUT2D eigenvalue weighted by molar-refractivity contribution is -0.137. The van der Waals surface area contributed by atoms with E-state index >= 15 is 0 Å². The third-order valence-electron chi connectivity index (χ3n) is 4.85. The quantitative estimate of drug-likeness (QED) is 0.423. The van der Waals surface area contributed by atoms with Crippen molar-refractivity contribution in [2.45, 2.75) is 42.6 Å². The zero-order chi connectivity index (χ0) is 21.1. The summed E-state index contributed by atoms with van der Waals surface area (Å²) in [5.74, 6) is 1.04. The largest absolute Gasteiger partial charge is 0.416 e. The van der Waals surface area contributed by atoms with Gasteiger partial charge >= 0.3 is 6.18 Å². The average Bonchev–Trinajstić information content (AvgIpc) is 3.37. The van der Waals surface area contributed by atoms with Gasteiger partial charge in [-0.3, -0.25) is 4.57 Å². The second kappa shape index (κ2) is 8.99. The van der Waals surface area contributed by atoms with Crippen LogP contribution in [0, 0.1) is 0 Å². The van der Waals surface area contributed by atoms with E-state index in [4.69, 9.17) is 16.3 Å². The lowest BCUT2D eigenvalue weighted by Crippen LogP contribution is -2.16. The summed E-state index contributed by atoms with van der Waals surface area (Å²) in [6.07, 6.45) is -2.33. The Morgan fingerprint density at radius 3 is 2.63 bits per heavy atom. The first-order valence-corrected chi connectivity index (χ1v) is 10.9. The topological polar surface area (TPSA) is 39.9 Å². The van der Waals surface area contributed by atoms with Gasteiger partial charge in [0.05, 0.1) is 18.2 Å². The first-order chi connectivity index (χ1) is 14.4. The number of thioether (sulfide) groups is 1. The van der Waals surface area contributed by atoms with Crippen molar-refractivity contribution in [3.05, 3.63) is 64.7 Å². The lowest BCUT2D eigenvalue weighted by Gasteiger charge is -2.15. The van der Waals surface area contributed by atoms with Crippen molar-refractivity contribution in [2.24, 2.45) is 0 Å². The number of ether oxygens (including phenoxy) is 1. The smallest absolute Gasteiger partial charge is 0.376 e. The highest BCUT2D eigenvalue weighted by Crippen LogP contribution is 2.32. The Balaban J connectivity index is 1.58. The van der Waals surface area contributed by atoms with Crippen molar-refractivity contribution in [3.63, 3.8) is 0 Å². The Labute approximate surface area is 181 Å². The molecule has 0 radical (unpaired) electrons. The molecule has 0 saturated carbocycles. The van der Waals surface area contributed by atoms with Gasteiger partial charge in [-0.15, -0.1) is 10.2 Å². The van der Waals surface area contributed by atoms with Crippen molar-refractivity contribution in [2.75, 3.05) is 6.61 Å². The average molecular weight is 454 g/mol. The Kier molecular flexibility index (Phi) is 6.36. The first-order valence-electron chi connectivity index (χ1n) is 9.50. The van der Waals surface area contributed by atoms with Crippen LogP contribution in [0.4, 0.5) is 13.2 Å². The van der Waals surface area contributed by atoms with Crippen LogP contribution in [0.1, 0.15) is 24.0 Å². The molecule has 9 heteroatoms. The fraction of sp³-hybridized carbons (Fsp3) is 0.333. The van der Waals surface area contributed by atoms with Gasteiger partial charge in [0.25, 0.3) is 0 Å². The molecule has 0 N–H and O–H groups in total. The number of rotatable bonds is 6. The first kappa shape index (κ1) is 21.2. The molecule has 0 unspecified atom stereocenters. The van der Waals surface area contributed by atoms with E-state index in [0.717, 1.165) is 31.1 Å². The minimum absolute atomic E-state index is 0.0694. The predicted octanol–water partition coefficient (Wildman–Crippen LogP) is 6.09. The van der Waals surface area contributed by atoms with Crippen LogP contribution in [0.2, 0.25) is 5.02 Å². The van der Waals surface area contributed by atoms with Crippen molar-refractivity contribution in [1.29, 1.82) is 0 Å². The van der Waals surface area contributed by atoms with Crippen molar-refractivity contribution in [3.8, 4) is 11.4 Å². The van der Waals surface area contributed by atoms with E-state index in [1.54, 1.807) is 18.2 Å². The standard InChI is InChI=1S/C21H19ClF3N3OS/c22-17-8-6-15(7-9-17)19-26-27-20(28(19)12-18-5-2-10-29-18)30-13-14-3-1-4-16(11-14)21(23,24)25/h1,3-4,6-9,11,18H,2,5,10,12-13H2/t18-/m0/s1. The summed E-state index contributed by atoms with van der Waals surface area (Å²) in [7, 11) is 0. The molecule has 158 valence electrons. The number of hydrogen-bond acceptors (Lipinski definition) is 4. The fourth-order valence-corrected chi connectivity index (χ4v) is 4.37. The molecule has 0 aliphatic carbocycles. The van der Waals surface area contributed by atoms with Crippen LogP contribution >= 0.6 is 23.4 Å². The normalized spacial score (nSPS) is 16.9. The van der Waals surface area contributed by atoms with Gasteiger partial charge in [0.15, 0.2) is 11.0 Å². The Morgan fingerprint density at radius 2 is 1.93 bits per heavy atom. The number of hydrogen-bond donors (Lipinski definition) is 0. The highest BCUT2D eigenvalue weighted by Gasteiger charge is 2.30. The van der Waals surface area contributed by atoms with Gasteiger partial charge in [-0.1, -0.05) is 41.6 Å². The minimum Gasteiger partial charge on any atom is -0.376 e. The zero-order valence-electron chi connectivity index (χ0n) is 15.9. The molecule has 1 aliphatic heterocycles. The van der Waals surface area contributed by atoms with Gasteiger partial charge in [0.1, 0.15) is 0 Å². The number of nitrogens with zero attached hydrogens (tertiary/aromatic N) is 3. The summed E-state index contributed by atoms with van der Waals surface area (Å²) in [6, 6.07) is 12.7. The van der Waals surface area contributed by atoms with Gasteiger partial charge in [-0.25, -0.2) is 0 Å². The molecule has 2 aromatic carbocycles. The second-order valence-electron chi connectivity index (χ2n) is 7.05. The van der Waals surface area contributed by atoms with Crippen LogP contribution in [0.3, 0.4) is 0 Å². The van der Waals surface area contributed by atoms with Crippen molar-refractivity contribution >= 4 is 23.4 Å². The molecule has 0 amide bonds. The molecule has 2 heterocycles. The van der Waals surface area contributed by atoms with E-state index in [2.05, 4.69) is 10.2 Å². The van der Waals surface area contributed by atoms with Gasteiger partial charge in [-0.2, -0.15) is 13.2 Å². The summed E-state index contributed by atoms with van der Waals surface area (Å²) in [6.45, 7) is 1.33. The lowest BCUT2D eigenvalue weighted by atomic mass is 10.1. The van der Waals surface area contributed by atoms with Crippen LogP contribution in [0.5, 0.6) is 0 Å². The van der Waals surface area contributed by atoms with E-state index in [1.165, 1.54) is 23.9 Å². The summed E-state index contributed by atoms with van der Waals surface area (Å²) < 4.78 is 46.7. The van der Waals surface area contributed by atoms with E-state index < -0.39 is 11.7 Å². The van der Waals surface area contributed by atoms with E-state index in [-0.39, 0.29) is 6.10 Å². The van der Waals surface area contributed by atoms with Gasteiger partial charge < -0.3 is 4.74 Å². The molecule has 1 aromatic heterocycles. The Morgan fingerprint density at radius 1 is 1.13 bits per heavy atom. The molecular formula is C21H19ClF3N3OS. The summed E-state index contributed by atoms with van der Waals surface area (Å²) in [5, 5.41) is 9.92. The van der Waals surface area contributed by atoms with Crippen LogP contribution in [-0.4, -0.2) is 27.5 Å². The summed E-state index contributed by atoms with van der Waals surface area (Å²) in [5.41, 5.74) is 0.800. The molecule has 4 rings (SSSR count).